The first-order chi connectivity index (χ1) is 8.49. The molecule has 0 bridgehead atoms. The van der Waals surface area contributed by atoms with Gasteiger partial charge in [-0.1, -0.05) is 16.7 Å². The van der Waals surface area contributed by atoms with Gasteiger partial charge in [-0.15, -0.1) is 0 Å². The minimum atomic E-state index is -1.53. The second-order valence-electron chi connectivity index (χ2n) is 3.24. The number of nitrogens with zero attached hydrogens (tertiary/aromatic N) is 5. The highest BCUT2D eigenvalue weighted by molar-refractivity contribution is 6.33. The van der Waals surface area contributed by atoms with Crippen molar-refractivity contribution in [1.82, 2.24) is 4.98 Å². The molecule has 1 aromatic heterocycles. The van der Waals surface area contributed by atoms with Crippen molar-refractivity contribution in [3.8, 4) is 0 Å². The average Bonchev–Trinajstić information content (AvgIpc) is 2.35. The Bertz CT molecular complexity index is 504. The van der Waals surface area contributed by atoms with E-state index in [2.05, 4.69) is 15.0 Å². The third-order valence-corrected chi connectivity index (χ3v) is 2.51. The van der Waals surface area contributed by atoms with Gasteiger partial charge in [0.05, 0.1) is 17.6 Å². The quantitative estimate of drug-likeness (QED) is 0.273. The van der Waals surface area contributed by atoms with Crippen LogP contribution in [0.5, 0.6) is 0 Å². The number of aromatic nitrogens is 1. The number of halogens is 1. The summed E-state index contributed by atoms with van der Waals surface area (Å²) in [6.45, 7) is -0.392. The Morgan fingerprint density at radius 2 is 2.28 bits per heavy atom. The molecule has 2 unspecified atom stereocenters. The minimum Gasteiger partial charge on any atom is -0.390 e. The fourth-order valence-corrected chi connectivity index (χ4v) is 1.49. The minimum absolute atomic E-state index is 0.105. The molecule has 2 N–H and O–H groups in total. The van der Waals surface area contributed by atoms with Crippen LogP contribution in [0.1, 0.15) is 11.7 Å². The van der Waals surface area contributed by atoms with E-state index in [9.17, 15) is 20.3 Å². The number of aliphatic hydroxyl groups excluding tert-OH is 2. The van der Waals surface area contributed by atoms with Crippen LogP contribution in [0.25, 0.3) is 10.4 Å². The van der Waals surface area contributed by atoms with Gasteiger partial charge in [-0.2, -0.15) is 0 Å². The van der Waals surface area contributed by atoms with Crippen molar-refractivity contribution >= 4 is 17.3 Å². The van der Waals surface area contributed by atoms with E-state index in [1.54, 1.807) is 0 Å². The highest BCUT2D eigenvalue weighted by Gasteiger charge is 2.25. The molecule has 0 aliphatic rings. The lowest BCUT2D eigenvalue weighted by atomic mass is 10.1. The maximum Gasteiger partial charge on any atom is 0.306 e. The standard InChI is InChI=1S/C8H8ClN5O4/c9-7-4(1-11-2-5(7)14(17)18)8(16)6(15)3-12-13-10/h1-2,6,8,15-16H,3H2. The molecular weight excluding hydrogens is 266 g/mol. The fourth-order valence-electron chi connectivity index (χ4n) is 1.21. The van der Waals surface area contributed by atoms with Gasteiger partial charge in [-0.3, -0.25) is 15.1 Å². The van der Waals surface area contributed by atoms with Crippen LogP contribution in [0.15, 0.2) is 17.5 Å². The Morgan fingerprint density at radius 3 is 2.83 bits per heavy atom. The van der Waals surface area contributed by atoms with E-state index in [0.717, 1.165) is 12.4 Å². The molecule has 0 spiro atoms. The summed E-state index contributed by atoms with van der Waals surface area (Å²) in [6, 6.07) is 0. The third kappa shape index (κ3) is 3.05. The lowest BCUT2D eigenvalue weighted by molar-refractivity contribution is -0.385. The summed E-state index contributed by atoms with van der Waals surface area (Å²) in [4.78, 5) is 15.8. The predicted molar refractivity (Wildman–Crippen MR) is 60.9 cm³/mol. The number of azide groups is 1. The van der Waals surface area contributed by atoms with Crippen molar-refractivity contribution in [3.05, 3.63) is 43.5 Å². The molecule has 0 saturated carbocycles. The van der Waals surface area contributed by atoms with E-state index in [1.165, 1.54) is 0 Å². The van der Waals surface area contributed by atoms with Crippen molar-refractivity contribution in [2.24, 2.45) is 5.11 Å². The Morgan fingerprint density at radius 1 is 1.61 bits per heavy atom. The second kappa shape index (κ2) is 6.12. The Balaban J connectivity index is 3.05. The summed E-state index contributed by atoms with van der Waals surface area (Å²) in [5, 5.41) is 32.6. The molecule has 1 heterocycles. The SMILES string of the molecule is [N-]=[N+]=NCC(O)C(O)c1cncc([N+](=O)[O-])c1Cl. The van der Waals surface area contributed by atoms with Crippen LogP contribution in [0.4, 0.5) is 5.69 Å². The molecule has 9 nitrogen and oxygen atoms in total. The highest BCUT2D eigenvalue weighted by atomic mass is 35.5. The molecule has 0 aromatic carbocycles. The number of hydrogen-bond donors (Lipinski definition) is 2. The van der Waals surface area contributed by atoms with E-state index in [1.807, 2.05) is 0 Å². The molecule has 0 saturated heterocycles. The van der Waals surface area contributed by atoms with Gasteiger partial charge in [0.25, 0.3) is 0 Å². The lowest BCUT2D eigenvalue weighted by Crippen LogP contribution is -2.21. The highest BCUT2D eigenvalue weighted by Crippen LogP contribution is 2.31. The summed E-state index contributed by atoms with van der Waals surface area (Å²) >= 11 is 5.72. The second-order valence-corrected chi connectivity index (χ2v) is 3.62. The Labute approximate surface area is 105 Å². The van der Waals surface area contributed by atoms with Crippen LogP contribution >= 0.6 is 11.6 Å². The molecule has 96 valence electrons. The van der Waals surface area contributed by atoms with Gasteiger partial charge in [0, 0.05) is 16.7 Å². The average molecular weight is 274 g/mol. The first-order valence-corrected chi connectivity index (χ1v) is 5.01. The van der Waals surface area contributed by atoms with Gasteiger partial charge in [-0.05, 0) is 5.53 Å². The third-order valence-electron chi connectivity index (χ3n) is 2.10. The van der Waals surface area contributed by atoms with Crippen LogP contribution in [-0.2, 0) is 0 Å². The molecular formula is C8H8ClN5O4. The fraction of sp³-hybridized carbons (Fsp3) is 0.375. The molecule has 0 aliphatic carbocycles. The number of pyridine rings is 1. The molecule has 1 aromatic rings. The predicted octanol–water partition coefficient (Wildman–Crippen LogP) is 1.35. The van der Waals surface area contributed by atoms with Gasteiger partial charge in [0.1, 0.15) is 17.3 Å². The molecule has 10 heteroatoms. The molecule has 0 amide bonds. The molecule has 0 radical (unpaired) electrons. The number of hydrogen-bond acceptors (Lipinski definition) is 6. The maximum absolute atomic E-state index is 10.6. The Hall–Kier alpha value is -1.93. The monoisotopic (exact) mass is 273 g/mol. The summed E-state index contributed by atoms with van der Waals surface area (Å²) in [5.74, 6) is 0. The Kier molecular flexibility index (Phi) is 4.81. The molecule has 0 aliphatic heterocycles. The topological polar surface area (TPSA) is 145 Å². The van der Waals surface area contributed by atoms with Gasteiger partial charge >= 0.3 is 5.69 Å². The van der Waals surface area contributed by atoms with Crippen molar-refractivity contribution in [1.29, 1.82) is 0 Å². The van der Waals surface area contributed by atoms with Gasteiger partial charge < -0.3 is 10.2 Å². The summed E-state index contributed by atoms with van der Waals surface area (Å²) in [7, 11) is 0. The van der Waals surface area contributed by atoms with Crippen LogP contribution in [0.2, 0.25) is 5.02 Å². The maximum atomic E-state index is 10.6. The van der Waals surface area contributed by atoms with E-state index in [-0.39, 0.29) is 10.6 Å². The summed E-state index contributed by atoms with van der Waals surface area (Å²) in [6.07, 6.45) is -0.935. The first-order valence-electron chi connectivity index (χ1n) is 4.63. The van der Waals surface area contributed by atoms with Crippen molar-refractivity contribution < 1.29 is 15.1 Å². The zero-order chi connectivity index (χ0) is 13.7. The van der Waals surface area contributed by atoms with E-state index in [4.69, 9.17) is 17.1 Å². The normalized spacial score (nSPS) is 13.5. The van der Waals surface area contributed by atoms with Gasteiger partial charge in [0.2, 0.25) is 0 Å². The first kappa shape index (κ1) is 14.1. The van der Waals surface area contributed by atoms with Gasteiger partial charge in [-0.25, -0.2) is 0 Å². The summed E-state index contributed by atoms with van der Waals surface area (Å²) in [5.41, 5.74) is 7.49. The molecule has 0 fully saturated rings. The van der Waals surface area contributed by atoms with Crippen LogP contribution in [-0.4, -0.2) is 32.8 Å². The molecule has 2 atom stereocenters. The molecule has 1 rings (SSSR count). The summed E-state index contributed by atoms with van der Waals surface area (Å²) < 4.78 is 0. The zero-order valence-corrected chi connectivity index (χ0v) is 9.60. The van der Waals surface area contributed by atoms with Crippen LogP contribution in [0.3, 0.4) is 0 Å². The smallest absolute Gasteiger partial charge is 0.306 e. The zero-order valence-electron chi connectivity index (χ0n) is 8.84. The molecule has 18 heavy (non-hydrogen) atoms. The number of nitro groups is 1. The number of aliphatic hydroxyl groups is 2. The largest absolute Gasteiger partial charge is 0.390 e. The lowest BCUT2D eigenvalue weighted by Gasteiger charge is -2.16. The van der Waals surface area contributed by atoms with Crippen LogP contribution in [0, 0.1) is 10.1 Å². The number of rotatable bonds is 5. The van der Waals surface area contributed by atoms with Crippen LogP contribution < -0.4 is 0 Å². The van der Waals surface area contributed by atoms with E-state index < -0.39 is 29.4 Å². The van der Waals surface area contributed by atoms with Gasteiger partial charge in [0.15, 0.2) is 0 Å². The van der Waals surface area contributed by atoms with E-state index >= 15 is 0 Å². The van der Waals surface area contributed by atoms with Crippen molar-refractivity contribution in [2.45, 2.75) is 12.2 Å². The van der Waals surface area contributed by atoms with Crippen molar-refractivity contribution in [3.63, 3.8) is 0 Å². The van der Waals surface area contributed by atoms with Crippen molar-refractivity contribution in [2.75, 3.05) is 6.54 Å². The van der Waals surface area contributed by atoms with E-state index in [0.29, 0.717) is 0 Å².